The summed E-state index contributed by atoms with van der Waals surface area (Å²) in [6.07, 6.45) is 2.02. The summed E-state index contributed by atoms with van der Waals surface area (Å²) in [6.45, 7) is 9.01. The Morgan fingerprint density at radius 2 is 1.88 bits per heavy atom. The summed E-state index contributed by atoms with van der Waals surface area (Å²) in [5.41, 5.74) is 1.56. The molecule has 1 saturated heterocycles. The standard InChI is InChI=1S/C32H35FN2O5/c1-31(2,3)40-30(38)35-23-10-8-22(14-23)28(35)27(36)13-18(17-34)12-21-7-6-20(16-26(21)33)19-9-11-24-25(15-19)32(4,5)39-29(24)37/h6-7,9,11,15-16,18,22-23,28H,8,10,12-14H2,1-5H3/t18-,22+,23-,28+/m1/s1. The molecule has 0 unspecified atom stereocenters. The first-order valence-electron chi connectivity index (χ1n) is 13.9. The molecule has 3 aliphatic rings. The van der Waals surface area contributed by atoms with Crippen molar-refractivity contribution < 1.29 is 28.2 Å². The highest BCUT2D eigenvalue weighted by atomic mass is 19.1. The number of fused-ring (bicyclic) bond motifs is 3. The molecule has 4 atom stereocenters. The van der Waals surface area contributed by atoms with E-state index in [-0.39, 0.29) is 36.6 Å². The maximum Gasteiger partial charge on any atom is 0.411 e. The van der Waals surface area contributed by atoms with Crippen LogP contribution in [0.15, 0.2) is 36.4 Å². The van der Waals surface area contributed by atoms with Crippen LogP contribution in [0.25, 0.3) is 11.1 Å². The number of hydrogen-bond acceptors (Lipinski definition) is 6. The van der Waals surface area contributed by atoms with Gasteiger partial charge in [0.1, 0.15) is 17.0 Å². The summed E-state index contributed by atoms with van der Waals surface area (Å²) >= 11 is 0. The van der Waals surface area contributed by atoms with E-state index >= 15 is 4.39 Å². The molecular weight excluding hydrogens is 511 g/mol. The molecule has 2 fully saturated rings. The number of cyclic esters (lactones) is 1. The van der Waals surface area contributed by atoms with Crippen LogP contribution in [0.2, 0.25) is 0 Å². The first-order chi connectivity index (χ1) is 18.8. The highest BCUT2D eigenvalue weighted by molar-refractivity contribution is 5.95. The molecule has 2 bridgehead atoms. The first-order valence-corrected chi connectivity index (χ1v) is 13.9. The Morgan fingerprint density at radius 1 is 1.18 bits per heavy atom. The molecule has 2 aromatic rings. The number of esters is 1. The van der Waals surface area contributed by atoms with Crippen LogP contribution in [-0.4, -0.2) is 40.4 Å². The average Bonchev–Trinajstić information content (AvgIpc) is 3.55. The molecule has 1 aliphatic carbocycles. The molecule has 2 aliphatic heterocycles. The number of carbonyl (C=O) groups excluding carboxylic acids is 3. The van der Waals surface area contributed by atoms with Gasteiger partial charge >= 0.3 is 12.1 Å². The van der Waals surface area contributed by atoms with Crippen LogP contribution < -0.4 is 0 Å². The number of likely N-dealkylation sites (tertiary alicyclic amines) is 1. The van der Waals surface area contributed by atoms with Gasteiger partial charge in [0.2, 0.25) is 0 Å². The van der Waals surface area contributed by atoms with Gasteiger partial charge in [0, 0.05) is 18.0 Å². The molecule has 210 valence electrons. The first kappa shape index (κ1) is 27.8. The van der Waals surface area contributed by atoms with Gasteiger partial charge in [-0.05, 0) is 101 Å². The molecule has 1 saturated carbocycles. The predicted molar refractivity (Wildman–Crippen MR) is 146 cm³/mol. The molecule has 1 amide bonds. The third-order valence-electron chi connectivity index (χ3n) is 8.24. The number of piperidine rings is 1. The quantitative estimate of drug-likeness (QED) is 0.393. The predicted octanol–water partition coefficient (Wildman–Crippen LogP) is 6.33. The second-order valence-corrected chi connectivity index (χ2v) is 12.7. The van der Waals surface area contributed by atoms with Crippen LogP contribution in [0.4, 0.5) is 9.18 Å². The van der Waals surface area contributed by atoms with E-state index in [1.807, 2.05) is 19.9 Å². The third kappa shape index (κ3) is 5.22. The smallest absolute Gasteiger partial charge is 0.411 e. The largest absolute Gasteiger partial charge is 0.451 e. The van der Waals surface area contributed by atoms with E-state index in [2.05, 4.69) is 6.07 Å². The van der Waals surface area contributed by atoms with Crippen LogP contribution in [0.1, 0.15) is 81.8 Å². The number of carbonyl (C=O) groups is 3. The van der Waals surface area contributed by atoms with Crippen LogP contribution in [-0.2, 0) is 26.3 Å². The highest BCUT2D eigenvalue weighted by Crippen LogP contribution is 2.44. The Labute approximate surface area is 234 Å². The molecule has 0 N–H and O–H groups in total. The zero-order valence-corrected chi connectivity index (χ0v) is 23.6. The van der Waals surface area contributed by atoms with Crippen molar-refractivity contribution in [2.24, 2.45) is 11.8 Å². The summed E-state index contributed by atoms with van der Waals surface area (Å²) in [5.74, 6) is -1.66. The number of ketones is 1. The second-order valence-electron chi connectivity index (χ2n) is 12.7. The number of nitriles is 1. The minimum Gasteiger partial charge on any atom is -0.451 e. The van der Waals surface area contributed by atoms with E-state index in [0.29, 0.717) is 16.7 Å². The molecule has 5 rings (SSSR count). The van der Waals surface area contributed by atoms with Gasteiger partial charge in [-0.1, -0.05) is 18.2 Å². The third-order valence-corrected chi connectivity index (χ3v) is 8.24. The van der Waals surface area contributed by atoms with Crippen molar-refractivity contribution in [3.63, 3.8) is 0 Å². The van der Waals surface area contributed by atoms with Gasteiger partial charge in [-0.2, -0.15) is 5.26 Å². The van der Waals surface area contributed by atoms with E-state index in [9.17, 15) is 19.6 Å². The Balaban J connectivity index is 1.29. The van der Waals surface area contributed by atoms with Gasteiger partial charge in [-0.15, -0.1) is 0 Å². The Morgan fingerprint density at radius 3 is 2.55 bits per heavy atom. The van der Waals surface area contributed by atoms with Crippen molar-refractivity contribution in [2.45, 2.75) is 90.0 Å². The molecule has 2 aromatic carbocycles. The van der Waals surface area contributed by atoms with Gasteiger partial charge in [0.05, 0.1) is 23.6 Å². The van der Waals surface area contributed by atoms with E-state index in [0.717, 1.165) is 30.4 Å². The van der Waals surface area contributed by atoms with Crippen molar-refractivity contribution in [2.75, 3.05) is 0 Å². The van der Waals surface area contributed by atoms with Crippen LogP contribution in [0.3, 0.4) is 0 Å². The fourth-order valence-corrected chi connectivity index (χ4v) is 6.41. The van der Waals surface area contributed by atoms with Gasteiger partial charge < -0.3 is 9.47 Å². The van der Waals surface area contributed by atoms with Crippen LogP contribution in [0, 0.1) is 29.0 Å². The average molecular weight is 547 g/mol. The minimum absolute atomic E-state index is 0.0196. The molecule has 0 radical (unpaired) electrons. The Hall–Kier alpha value is -3.73. The number of ether oxygens (including phenoxy) is 2. The fourth-order valence-electron chi connectivity index (χ4n) is 6.41. The number of amides is 1. The van der Waals surface area contributed by atoms with Gasteiger partial charge in [-0.3, -0.25) is 9.69 Å². The van der Waals surface area contributed by atoms with Crippen molar-refractivity contribution in [3.8, 4) is 17.2 Å². The summed E-state index contributed by atoms with van der Waals surface area (Å²) < 4.78 is 26.3. The lowest BCUT2D eigenvalue weighted by molar-refractivity contribution is -0.126. The normalized spacial score (nSPS) is 23.4. The number of nitrogens with zero attached hydrogens (tertiary/aromatic N) is 2. The van der Waals surface area contributed by atoms with E-state index in [1.54, 1.807) is 49.9 Å². The van der Waals surface area contributed by atoms with Crippen molar-refractivity contribution in [1.29, 1.82) is 5.26 Å². The fraction of sp³-hybridized carbons (Fsp3) is 0.500. The number of rotatable bonds is 6. The number of benzene rings is 2. The maximum atomic E-state index is 15.3. The lowest BCUT2D eigenvalue weighted by Crippen LogP contribution is -2.51. The monoisotopic (exact) mass is 546 g/mol. The molecule has 0 spiro atoms. The van der Waals surface area contributed by atoms with Gasteiger partial charge in [-0.25, -0.2) is 14.0 Å². The van der Waals surface area contributed by atoms with Crippen molar-refractivity contribution in [3.05, 3.63) is 58.9 Å². The summed E-state index contributed by atoms with van der Waals surface area (Å²) in [5, 5.41) is 9.85. The van der Waals surface area contributed by atoms with Crippen molar-refractivity contribution >= 4 is 17.8 Å². The van der Waals surface area contributed by atoms with E-state index in [1.165, 1.54) is 6.07 Å². The molecule has 0 aromatic heterocycles. The lowest BCUT2D eigenvalue weighted by Gasteiger charge is -2.35. The zero-order chi connectivity index (χ0) is 29.0. The lowest BCUT2D eigenvalue weighted by atomic mass is 9.87. The maximum absolute atomic E-state index is 15.3. The number of hydrogen-bond donors (Lipinski definition) is 0. The topological polar surface area (TPSA) is 96.7 Å². The SMILES string of the molecule is CC(C)(C)OC(=O)N1[C@@H]2CC[C@@H](C2)[C@H]1C(=O)C[C@H](C#N)Cc1ccc(-c2ccc3c(c2)C(C)(C)OC3=O)cc1F. The number of halogens is 1. The minimum atomic E-state index is -0.759. The van der Waals surface area contributed by atoms with Gasteiger partial charge in [0.25, 0.3) is 0 Å². The summed E-state index contributed by atoms with van der Waals surface area (Å²) in [4.78, 5) is 40.1. The molecule has 8 heteroatoms. The molecule has 2 heterocycles. The second kappa shape index (κ2) is 10.0. The highest BCUT2D eigenvalue weighted by Gasteiger charge is 2.52. The molecule has 7 nitrogen and oxygen atoms in total. The van der Waals surface area contributed by atoms with Gasteiger partial charge in [0.15, 0.2) is 5.78 Å². The van der Waals surface area contributed by atoms with E-state index in [4.69, 9.17) is 9.47 Å². The number of Topliss-reactive ketones (excluding diaryl/α,β-unsaturated/α-hetero) is 1. The molecule has 40 heavy (non-hydrogen) atoms. The van der Waals surface area contributed by atoms with E-state index < -0.39 is 35.1 Å². The Kier molecular flexibility index (Phi) is 6.98. The zero-order valence-electron chi connectivity index (χ0n) is 23.6. The molecular formula is C32H35FN2O5. The van der Waals surface area contributed by atoms with Crippen LogP contribution >= 0.6 is 0 Å². The van der Waals surface area contributed by atoms with Crippen LogP contribution in [0.5, 0.6) is 0 Å². The Bertz CT molecular complexity index is 1420. The summed E-state index contributed by atoms with van der Waals surface area (Å²) in [6, 6.07) is 11.7. The van der Waals surface area contributed by atoms with Crippen molar-refractivity contribution in [1.82, 2.24) is 4.90 Å². The summed E-state index contributed by atoms with van der Waals surface area (Å²) in [7, 11) is 0.